The Hall–Kier alpha value is -1.28. The van der Waals surface area contributed by atoms with Crippen molar-refractivity contribution < 1.29 is 0 Å². The summed E-state index contributed by atoms with van der Waals surface area (Å²) in [6.45, 7) is 0. The fourth-order valence-electron chi connectivity index (χ4n) is 1.98. The van der Waals surface area contributed by atoms with Crippen molar-refractivity contribution in [2.75, 3.05) is 0 Å². The molecule has 1 saturated carbocycles. The molecule has 0 aliphatic heterocycles. The van der Waals surface area contributed by atoms with Crippen LogP contribution in [0.5, 0.6) is 0 Å². The number of para-hydroxylation sites is 1. The minimum atomic E-state index is 0.211. The lowest BCUT2D eigenvalue weighted by atomic mass is 10.1. The lowest BCUT2D eigenvalue weighted by Crippen LogP contribution is -2.12. The van der Waals surface area contributed by atoms with Crippen LogP contribution in [0.3, 0.4) is 0 Å². The number of hydrogen-bond acceptors (Lipinski definition) is 1. The Morgan fingerprint density at radius 2 is 2.07 bits per heavy atom. The zero-order valence-corrected chi connectivity index (χ0v) is 8.03. The highest BCUT2D eigenvalue weighted by molar-refractivity contribution is 5.80. The number of nitrogens with two attached hydrogens (primary N) is 1. The predicted octanol–water partition coefficient (Wildman–Crippen LogP) is 2.58. The molecule has 1 aliphatic rings. The second kappa shape index (κ2) is 2.85. The smallest absolute Gasteiger partial charge is 0.0476 e. The van der Waals surface area contributed by atoms with E-state index >= 15 is 0 Å². The van der Waals surface area contributed by atoms with Gasteiger partial charge in [0, 0.05) is 17.3 Å². The Morgan fingerprint density at radius 3 is 2.79 bits per heavy atom. The number of hydrogen-bond donors (Lipinski definition) is 2. The molecule has 1 heterocycles. The van der Waals surface area contributed by atoms with Crippen LogP contribution in [0.15, 0.2) is 30.3 Å². The molecule has 1 atom stereocenters. The first-order valence-corrected chi connectivity index (χ1v) is 5.18. The summed E-state index contributed by atoms with van der Waals surface area (Å²) in [4.78, 5) is 3.39. The van der Waals surface area contributed by atoms with Crippen LogP contribution in [0.4, 0.5) is 0 Å². The van der Waals surface area contributed by atoms with Crippen LogP contribution in [0.25, 0.3) is 10.9 Å². The van der Waals surface area contributed by atoms with Crippen molar-refractivity contribution in [3.8, 4) is 0 Å². The van der Waals surface area contributed by atoms with Gasteiger partial charge in [-0.1, -0.05) is 18.2 Å². The van der Waals surface area contributed by atoms with Crippen LogP contribution in [0.2, 0.25) is 0 Å². The molecule has 2 nitrogen and oxygen atoms in total. The average molecular weight is 186 g/mol. The van der Waals surface area contributed by atoms with Crippen molar-refractivity contribution in [2.45, 2.75) is 18.9 Å². The Morgan fingerprint density at radius 1 is 1.29 bits per heavy atom. The Labute approximate surface area is 83.1 Å². The third-order valence-corrected chi connectivity index (χ3v) is 3.04. The summed E-state index contributed by atoms with van der Waals surface area (Å²) in [6.07, 6.45) is 2.58. The van der Waals surface area contributed by atoms with Crippen molar-refractivity contribution >= 4 is 10.9 Å². The standard InChI is InChI=1S/C12H14N2/c13-12(8-5-6-8)11-7-9-3-1-2-4-10(9)14-11/h1-4,7-8,12,14H,5-6,13H2/t12-/m0/s1. The van der Waals surface area contributed by atoms with Gasteiger partial charge in [0.25, 0.3) is 0 Å². The van der Waals surface area contributed by atoms with Gasteiger partial charge in [-0.3, -0.25) is 0 Å². The summed E-state index contributed by atoms with van der Waals surface area (Å²) in [6, 6.07) is 10.7. The van der Waals surface area contributed by atoms with Gasteiger partial charge in [0.2, 0.25) is 0 Å². The molecule has 3 rings (SSSR count). The fraction of sp³-hybridized carbons (Fsp3) is 0.333. The second-order valence-electron chi connectivity index (χ2n) is 4.18. The summed E-state index contributed by atoms with van der Waals surface area (Å²) in [7, 11) is 0. The first kappa shape index (κ1) is 8.06. The highest BCUT2D eigenvalue weighted by Crippen LogP contribution is 2.39. The number of aromatic amines is 1. The zero-order chi connectivity index (χ0) is 9.54. The van der Waals surface area contributed by atoms with Crippen LogP contribution >= 0.6 is 0 Å². The van der Waals surface area contributed by atoms with Crippen molar-refractivity contribution in [2.24, 2.45) is 11.7 Å². The second-order valence-corrected chi connectivity index (χ2v) is 4.18. The molecular weight excluding hydrogens is 172 g/mol. The van der Waals surface area contributed by atoms with Gasteiger partial charge in [0.15, 0.2) is 0 Å². The molecule has 0 spiro atoms. The van der Waals surface area contributed by atoms with Crippen molar-refractivity contribution in [1.82, 2.24) is 4.98 Å². The molecular formula is C12H14N2. The number of H-pyrrole nitrogens is 1. The quantitative estimate of drug-likeness (QED) is 0.743. The van der Waals surface area contributed by atoms with Gasteiger partial charge in [0.1, 0.15) is 0 Å². The summed E-state index contributed by atoms with van der Waals surface area (Å²) in [5.41, 5.74) is 8.51. The monoisotopic (exact) mass is 186 g/mol. The third kappa shape index (κ3) is 1.23. The predicted molar refractivity (Wildman–Crippen MR) is 58.0 cm³/mol. The maximum Gasteiger partial charge on any atom is 0.0476 e. The molecule has 0 amide bonds. The first-order chi connectivity index (χ1) is 6.84. The zero-order valence-electron chi connectivity index (χ0n) is 8.03. The normalized spacial score (nSPS) is 18.6. The van der Waals surface area contributed by atoms with Gasteiger partial charge in [-0.15, -0.1) is 0 Å². The number of rotatable bonds is 2. The van der Waals surface area contributed by atoms with Crippen LogP contribution in [0.1, 0.15) is 24.6 Å². The van der Waals surface area contributed by atoms with E-state index in [1.165, 1.54) is 29.4 Å². The summed E-state index contributed by atoms with van der Waals surface area (Å²) >= 11 is 0. The number of fused-ring (bicyclic) bond motifs is 1. The summed E-state index contributed by atoms with van der Waals surface area (Å²) in [5, 5.41) is 1.26. The average Bonchev–Trinajstić information content (AvgIpc) is 2.95. The molecule has 0 radical (unpaired) electrons. The Balaban J connectivity index is 2.04. The van der Waals surface area contributed by atoms with Crippen molar-refractivity contribution in [1.29, 1.82) is 0 Å². The minimum Gasteiger partial charge on any atom is -0.357 e. The number of benzene rings is 1. The number of aromatic nitrogens is 1. The SMILES string of the molecule is N[C@H](c1cc2ccccc2[nH]1)C1CC1. The minimum absolute atomic E-state index is 0.211. The molecule has 1 aliphatic carbocycles. The van der Waals surface area contributed by atoms with E-state index < -0.39 is 0 Å². The van der Waals surface area contributed by atoms with E-state index in [2.05, 4.69) is 29.2 Å². The molecule has 1 fully saturated rings. The van der Waals surface area contributed by atoms with E-state index in [-0.39, 0.29) is 6.04 Å². The van der Waals surface area contributed by atoms with Crippen LogP contribution in [-0.4, -0.2) is 4.98 Å². The molecule has 14 heavy (non-hydrogen) atoms. The van der Waals surface area contributed by atoms with E-state index in [1.807, 2.05) is 6.07 Å². The maximum absolute atomic E-state index is 6.13. The molecule has 0 unspecified atom stereocenters. The summed E-state index contributed by atoms with van der Waals surface area (Å²) < 4.78 is 0. The molecule has 3 N–H and O–H groups in total. The Bertz CT molecular complexity index is 421. The van der Waals surface area contributed by atoms with Gasteiger partial charge in [-0.2, -0.15) is 0 Å². The van der Waals surface area contributed by atoms with Gasteiger partial charge >= 0.3 is 0 Å². The van der Waals surface area contributed by atoms with Crippen LogP contribution in [-0.2, 0) is 0 Å². The molecule has 0 bridgehead atoms. The van der Waals surface area contributed by atoms with E-state index in [0.29, 0.717) is 5.92 Å². The fourth-order valence-corrected chi connectivity index (χ4v) is 1.98. The highest BCUT2D eigenvalue weighted by Gasteiger charge is 2.30. The van der Waals surface area contributed by atoms with E-state index in [1.54, 1.807) is 0 Å². The lowest BCUT2D eigenvalue weighted by Gasteiger charge is -2.06. The molecule has 1 aromatic heterocycles. The van der Waals surface area contributed by atoms with Crippen LogP contribution in [0, 0.1) is 5.92 Å². The molecule has 72 valence electrons. The number of nitrogens with one attached hydrogen (secondary N) is 1. The Kier molecular flexibility index (Phi) is 1.64. The topological polar surface area (TPSA) is 41.8 Å². The molecule has 2 aromatic rings. The highest BCUT2D eigenvalue weighted by atomic mass is 14.8. The first-order valence-electron chi connectivity index (χ1n) is 5.18. The van der Waals surface area contributed by atoms with Crippen molar-refractivity contribution in [3.63, 3.8) is 0 Å². The van der Waals surface area contributed by atoms with Crippen LogP contribution < -0.4 is 5.73 Å². The van der Waals surface area contributed by atoms with Gasteiger partial charge in [-0.05, 0) is 36.3 Å². The lowest BCUT2D eigenvalue weighted by molar-refractivity contribution is 0.620. The summed E-state index contributed by atoms with van der Waals surface area (Å²) in [5.74, 6) is 0.711. The van der Waals surface area contributed by atoms with E-state index in [9.17, 15) is 0 Å². The van der Waals surface area contributed by atoms with E-state index in [0.717, 1.165) is 0 Å². The molecule has 0 saturated heterocycles. The van der Waals surface area contributed by atoms with Gasteiger partial charge < -0.3 is 10.7 Å². The molecule has 2 heteroatoms. The largest absolute Gasteiger partial charge is 0.357 e. The maximum atomic E-state index is 6.13. The third-order valence-electron chi connectivity index (χ3n) is 3.04. The van der Waals surface area contributed by atoms with E-state index in [4.69, 9.17) is 5.73 Å². The van der Waals surface area contributed by atoms with Gasteiger partial charge in [-0.25, -0.2) is 0 Å². The van der Waals surface area contributed by atoms with Gasteiger partial charge in [0.05, 0.1) is 0 Å². The van der Waals surface area contributed by atoms with Crippen molar-refractivity contribution in [3.05, 3.63) is 36.0 Å². The molecule has 1 aromatic carbocycles.